The Labute approximate surface area is 230 Å². The van der Waals surface area contributed by atoms with Gasteiger partial charge >= 0.3 is 21.5 Å². The highest BCUT2D eigenvalue weighted by Crippen LogP contribution is 2.41. The molecule has 0 fully saturated rings. The van der Waals surface area contributed by atoms with Crippen LogP contribution in [0.15, 0.2) is 22.4 Å². The molecule has 1 aliphatic heterocycles. The van der Waals surface area contributed by atoms with Gasteiger partial charge in [0.2, 0.25) is 5.01 Å². The Balaban J connectivity index is 1.98. The molecule has 0 spiro atoms. The number of aryl methyl sites for hydroxylation is 1. The summed E-state index contributed by atoms with van der Waals surface area (Å²) in [5, 5.41) is 15.3. The smallest absolute Gasteiger partial charge is 0.460 e. The number of azo groups is 1. The molecule has 0 bridgehead atoms. The molecule has 2 aromatic rings. The fourth-order valence-electron chi connectivity index (χ4n) is 4.13. The number of rotatable bonds is 12. The van der Waals surface area contributed by atoms with E-state index >= 15 is 0 Å². The van der Waals surface area contributed by atoms with Gasteiger partial charge in [0, 0.05) is 18.3 Å². The van der Waals surface area contributed by atoms with Gasteiger partial charge in [-0.05, 0) is 49.3 Å². The Morgan fingerprint density at radius 3 is 2.62 bits per heavy atom. The summed E-state index contributed by atoms with van der Waals surface area (Å²) in [6.45, 7) is 8.78. The van der Waals surface area contributed by atoms with E-state index in [2.05, 4.69) is 32.2 Å². The largest absolute Gasteiger partial charge is 0.516 e. The van der Waals surface area contributed by atoms with Crippen molar-refractivity contribution in [2.75, 3.05) is 22.8 Å². The zero-order valence-electron chi connectivity index (χ0n) is 22.3. The summed E-state index contributed by atoms with van der Waals surface area (Å²) >= 11 is 0.795. The van der Waals surface area contributed by atoms with Crippen LogP contribution in [-0.4, -0.2) is 49.3 Å². The lowest BCUT2D eigenvalue weighted by molar-refractivity contribution is -0.0429. The van der Waals surface area contributed by atoms with Crippen LogP contribution in [0.1, 0.15) is 75.2 Å². The number of hydrogen-bond acceptors (Lipinski definition) is 10. The number of unbranched alkanes of at least 4 members (excludes halogenated alkanes) is 2. The number of aromatic nitrogens is 2. The lowest BCUT2D eigenvalue weighted by atomic mass is 9.93. The highest BCUT2D eigenvalue weighted by atomic mass is 32.2. The number of halogens is 3. The first-order valence-corrected chi connectivity index (χ1v) is 15.1. The van der Waals surface area contributed by atoms with Gasteiger partial charge in [0.25, 0.3) is 5.13 Å². The second-order valence-electron chi connectivity index (χ2n) is 9.63. The van der Waals surface area contributed by atoms with E-state index in [0.717, 1.165) is 49.0 Å². The maximum absolute atomic E-state index is 13.3. The summed E-state index contributed by atoms with van der Waals surface area (Å²) in [4.78, 5) is 14.2. The molecule has 216 valence electrons. The quantitative estimate of drug-likeness (QED) is 0.165. The summed E-state index contributed by atoms with van der Waals surface area (Å²) in [6, 6.07) is 3.13. The van der Waals surface area contributed by atoms with Gasteiger partial charge in [0.05, 0.1) is 12.3 Å². The van der Waals surface area contributed by atoms with Crippen LogP contribution >= 0.6 is 11.3 Å². The third-order valence-electron chi connectivity index (χ3n) is 6.10. The number of fused-ring (bicyclic) bond motifs is 1. The van der Waals surface area contributed by atoms with Gasteiger partial charge in [0.1, 0.15) is 5.69 Å². The molecule has 1 aromatic heterocycles. The summed E-state index contributed by atoms with van der Waals surface area (Å²) in [6.07, 6.45) is 5.25. The van der Waals surface area contributed by atoms with Crippen molar-refractivity contribution in [2.45, 2.75) is 77.8 Å². The van der Waals surface area contributed by atoms with E-state index in [1.807, 2.05) is 20.8 Å². The van der Waals surface area contributed by atoms with Crippen molar-refractivity contribution in [2.24, 2.45) is 16.1 Å². The third kappa shape index (κ3) is 7.87. The molecule has 2 heterocycles. The van der Waals surface area contributed by atoms with Crippen molar-refractivity contribution >= 4 is 49.5 Å². The van der Waals surface area contributed by atoms with Gasteiger partial charge in [-0.2, -0.15) is 21.6 Å². The van der Waals surface area contributed by atoms with Crippen LogP contribution in [0, 0.1) is 5.92 Å². The van der Waals surface area contributed by atoms with Gasteiger partial charge in [-0.25, -0.2) is 4.79 Å². The SMILES string of the molecule is CCCCCN1c2cc(NS(=O)(=O)C(F)(F)F)c(N=Nc3nnc(C(=O)OCC(C)C)s3)cc2CCC1CC. The normalized spacial score (nSPS) is 16.1. The molecule has 3 rings (SSSR count). The second kappa shape index (κ2) is 13.0. The van der Waals surface area contributed by atoms with Crippen molar-refractivity contribution < 1.29 is 31.1 Å². The van der Waals surface area contributed by atoms with Crippen LogP contribution < -0.4 is 9.62 Å². The fourth-order valence-corrected chi connectivity index (χ4v) is 5.26. The molecule has 10 nitrogen and oxygen atoms in total. The summed E-state index contributed by atoms with van der Waals surface area (Å²) in [5.41, 5.74) is -4.48. The van der Waals surface area contributed by atoms with Crippen LogP contribution in [0.4, 0.5) is 35.4 Å². The van der Waals surface area contributed by atoms with Crippen molar-refractivity contribution in [1.82, 2.24) is 10.2 Å². The van der Waals surface area contributed by atoms with Gasteiger partial charge in [-0.15, -0.1) is 20.4 Å². The van der Waals surface area contributed by atoms with Crippen LogP contribution in [0.3, 0.4) is 0 Å². The van der Waals surface area contributed by atoms with Gasteiger partial charge in [-0.3, -0.25) is 4.72 Å². The summed E-state index contributed by atoms with van der Waals surface area (Å²) < 4.78 is 70.6. The van der Waals surface area contributed by atoms with E-state index in [4.69, 9.17) is 4.74 Å². The molecule has 0 saturated heterocycles. The molecule has 1 aromatic carbocycles. The molecule has 1 N–H and O–H groups in total. The van der Waals surface area contributed by atoms with E-state index in [1.165, 1.54) is 6.07 Å². The highest BCUT2D eigenvalue weighted by molar-refractivity contribution is 7.93. The number of esters is 1. The van der Waals surface area contributed by atoms with Crippen molar-refractivity contribution in [3.05, 3.63) is 22.7 Å². The van der Waals surface area contributed by atoms with E-state index in [1.54, 1.807) is 10.8 Å². The minimum Gasteiger partial charge on any atom is -0.460 e. The molecular weight excluding hydrogens is 557 g/mol. The highest BCUT2D eigenvalue weighted by Gasteiger charge is 2.46. The van der Waals surface area contributed by atoms with E-state index in [0.29, 0.717) is 18.7 Å². The molecule has 1 aliphatic rings. The van der Waals surface area contributed by atoms with Gasteiger partial charge in [-0.1, -0.05) is 51.9 Å². The average Bonchev–Trinajstić information content (AvgIpc) is 3.34. The number of nitrogens with one attached hydrogen (secondary N) is 1. The minimum absolute atomic E-state index is 0.0407. The van der Waals surface area contributed by atoms with E-state index < -0.39 is 21.5 Å². The minimum atomic E-state index is -5.72. The molecule has 0 radical (unpaired) electrons. The number of hydrogen-bond donors (Lipinski definition) is 1. The maximum Gasteiger partial charge on any atom is 0.516 e. The molecule has 15 heteroatoms. The van der Waals surface area contributed by atoms with E-state index in [9.17, 15) is 26.4 Å². The van der Waals surface area contributed by atoms with Crippen LogP contribution in [0.2, 0.25) is 0 Å². The Hall–Kier alpha value is -2.81. The fraction of sp³-hybridized carbons (Fsp3) is 0.625. The summed E-state index contributed by atoms with van der Waals surface area (Å²) in [7, 11) is -5.72. The second-order valence-corrected chi connectivity index (χ2v) is 12.3. The monoisotopic (exact) mass is 590 g/mol. The van der Waals surface area contributed by atoms with Gasteiger partial charge < -0.3 is 9.64 Å². The number of anilines is 2. The zero-order valence-corrected chi connectivity index (χ0v) is 23.9. The lowest BCUT2D eigenvalue weighted by Gasteiger charge is -2.39. The first kappa shape index (κ1) is 30.7. The Kier molecular flexibility index (Phi) is 10.3. The molecule has 1 unspecified atom stereocenters. The predicted molar refractivity (Wildman–Crippen MR) is 144 cm³/mol. The number of benzene rings is 1. The van der Waals surface area contributed by atoms with Crippen LogP contribution in [0.25, 0.3) is 0 Å². The molecule has 39 heavy (non-hydrogen) atoms. The first-order chi connectivity index (χ1) is 18.4. The lowest BCUT2D eigenvalue weighted by Crippen LogP contribution is -2.39. The Bertz CT molecular complexity index is 1280. The van der Waals surface area contributed by atoms with Crippen LogP contribution in [0.5, 0.6) is 0 Å². The number of carbonyl (C=O) groups excluding carboxylic acids is 1. The standard InChI is InChI=1S/C24H33F3N6O4S2/c1-5-7-8-11-33-17(6-2)10-9-16-12-18(19(13-20(16)33)32-39(35,36)24(25,26)27)28-30-23-31-29-21(38-23)22(34)37-14-15(3)4/h12-13,15,17,32H,5-11,14H2,1-4H3. The van der Waals surface area contributed by atoms with Crippen molar-refractivity contribution in [3.63, 3.8) is 0 Å². The average molecular weight is 591 g/mol. The molecule has 1 atom stereocenters. The molecular formula is C24H33F3N6O4S2. The van der Waals surface area contributed by atoms with E-state index in [-0.39, 0.29) is 40.1 Å². The topological polar surface area (TPSA) is 126 Å². The van der Waals surface area contributed by atoms with Crippen LogP contribution in [-0.2, 0) is 21.2 Å². The zero-order chi connectivity index (χ0) is 28.8. The Morgan fingerprint density at radius 2 is 1.97 bits per heavy atom. The van der Waals surface area contributed by atoms with Gasteiger partial charge in [0.15, 0.2) is 0 Å². The molecule has 0 amide bonds. The number of sulfonamides is 1. The first-order valence-electron chi connectivity index (χ1n) is 12.8. The Morgan fingerprint density at radius 1 is 1.23 bits per heavy atom. The summed E-state index contributed by atoms with van der Waals surface area (Å²) in [5.74, 6) is -0.553. The number of carbonyl (C=O) groups is 1. The predicted octanol–water partition coefficient (Wildman–Crippen LogP) is 6.75. The number of ether oxygens (including phenoxy) is 1. The maximum atomic E-state index is 13.3. The van der Waals surface area contributed by atoms with Crippen molar-refractivity contribution in [1.29, 1.82) is 0 Å². The number of nitrogens with zero attached hydrogens (tertiary/aromatic N) is 5. The molecule has 0 saturated carbocycles. The molecule has 0 aliphatic carbocycles. The van der Waals surface area contributed by atoms with Crippen molar-refractivity contribution in [3.8, 4) is 0 Å². The third-order valence-corrected chi connectivity index (χ3v) is 7.98. The number of alkyl halides is 3.